The lowest BCUT2D eigenvalue weighted by molar-refractivity contribution is 0.0945. The summed E-state index contributed by atoms with van der Waals surface area (Å²) in [7, 11) is 0. The van der Waals surface area contributed by atoms with Gasteiger partial charge < -0.3 is 15.4 Å². The van der Waals surface area contributed by atoms with Crippen LogP contribution in [0.2, 0.25) is 0 Å². The first-order valence-corrected chi connectivity index (χ1v) is 9.51. The van der Waals surface area contributed by atoms with Crippen molar-refractivity contribution in [2.75, 3.05) is 13.1 Å². The fourth-order valence-electron chi connectivity index (χ4n) is 3.26. The van der Waals surface area contributed by atoms with Crippen molar-refractivity contribution in [3.05, 3.63) is 72.1 Å². The third-order valence-electron chi connectivity index (χ3n) is 4.81. The zero-order valence-corrected chi connectivity index (χ0v) is 15.5. The molecule has 1 amide bonds. The second kappa shape index (κ2) is 8.67. The molecule has 2 aromatic carbocycles. The number of ether oxygens (including phenoxy) is 1. The predicted molar refractivity (Wildman–Crippen MR) is 105 cm³/mol. The van der Waals surface area contributed by atoms with E-state index >= 15 is 0 Å². The van der Waals surface area contributed by atoms with Gasteiger partial charge in [0.1, 0.15) is 11.5 Å². The lowest BCUT2D eigenvalue weighted by Gasteiger charge is -2.22. The second-order valence-electron chi connectivity index (χ2n) is 6.77. The summed E-state index contributed by atoms with van der Waals surface area (Å²) in [6.07, 6.45) is 3.72. The first kappa shape index (κ1) is 18.2. The van der Waals surface area contributed by atoms with Crippen molar-refractivity contribution in [2.24, 2.45) is 0 Å². The van der Waals surface area contributed by atoms with Crippen LogP contribution in [0.25, 0.3) is 0 Å². The lowest BCUT2D eigenvalue weighted by Crippen LogP contribution is -2.29. The van der Waals surface area contributed by atoms with Gasteiger partial charge in [-0.3, -0.25) is 4.79 Å². The minimum Gasteiger partial charge on any atom is -0.457 e. The molecule has 7 nitrogen and oxygen atoms in total. The maximum atomic E-state index is 12.5. The van der Waals surface area contributed by atoms with Crippen molar-refractivity contribution in [3.63, 3.8) is 0 Å². The molecule has 0 bridgehead atoms. The minimum atomic E-state index is -0.241. The Bertz CT molecular complexity index is 919. The van der Waals surface area contributed by atoms with E-state index in [1.807, 2.05) is 59.3 Å². The summed E-state index contributed by atoms with van der Waals surface area (Å²) in [5.74, 6) is 1.23. The molecule has 7 heteroatoms. The number of nitrogens with one attached hydrogen (secondary N) is 2. The van der Waals surface area contributed by atoms with Crippen LogP contribution in [-0.2, 0) is 6.54 Å². The average molecular weight is 377 g/mol. The number of hydrogen-bond donors (Lipinski definition) is 2. The molecule has 3 aromatic rings. The summed E-state index contributed by atoms with van der Waals surface area (Å²) < 4.78 is 7.75. The van der Waals surface area contributed by atoms with E-state index in [2.05, 4.69) is 20.9 Å². The zero-order valence-electron chi connectivity index (χ0n) is 15.5. The molecule has 1 aliphatic rings. The topological polar surface area (TPSA) is 81.1 Å². The first-order valence-electron chi connectivity index (χ1n) is 9.51. The molecular formula is C21H23N5O2. The molecular weight excluding hydrogens is 354 g/mol. The maximum Gasteiger partial charge on any atom is 0.273 e. The third kappa shape index (κ3) is 4.37. The van der Waals surface area contributed by atoms with Gasteiger partial charge >= 0.3 is 0 Å². The molecule has 0 spiro atoms. The van der Waals surface area contributed by atoms with E-state index in [9.17, 15) is 4.79 Å². The van der Waals surface area contributed by atoms with Crippen LogP contribution < -0.4 is 15.4 Å². The van der Waals surface area contributed by atoms with Crippen LogP contribution in [0, 0.1) is 0 Å². The van der Waals surface area contributed by atoms with Crippen LogP contribution in [-0.4, -0.2) is 34.0 Å². The molecule has 1 saturated heterocycles. The Hall–Kier alpha value is -3.19. The van der Waals surface area contributed by atoms with Crippen molar-refractivity contribution in [1.29, 1.82) is 0 Å². The number of amides is 1. The van der Waals surface area contributed by atoms with Crippen molar-refractivity contribution < 1.29 is 9.53 Å². The Morgan fingerprint density at radius 1 is 1.11 bits per heavy atom. The number of para-hydroxylation sites is 2. The molecule has 28 heavy (non-hydrogen) atoms. The molecule has 0 saturated carbocycles. The molecule has 0 radical (unpaired) electrons. The van der Waals surface area contributed by atoms with Gasteiger partial charge in [0.05, 0.1) is 12.2 Å². The summed E-state index contributed by atoms with van der Waals surface area (Å²) in [6.45, 7) is 2.27. The lowest BCUT2D eigenvalue weighted by atomic mass is 10.1. The first-order chi connectivity index (χ1) is 13.8. The molecule has 0 aliphatic carbocycles. The van der Waals surface area contributed by atoms with Gasteiger partial charge in [0.2, 0.25) is 0 Å². The maximum absolute atomic E-state index is 12.5. The Labute approximate surface area is 163 Å². The number of hydrogen-bond acceptors (Lipinski definition) is 5. The van der Waals surface area contributed by atoms with Crippen LogP contribution in [0.3, 0.4) is 0 Å². The van der Waals surface area contributed by atoms with Gasteiger partial charge in [-0.1, -0.05) is 41.6 Å². The number of carbonyl (C=O) groups is 1. The molecule has 4 rings (SSSR count). The largest absolute Gasteiger partial charge is 0.457 e. The van der Waals surface area contributed by atoms with Crippen LogP contribution >= 0.6 is 0 Å². The smallest absolute Gasteiger partial charge is 0.273 e. The third-order valence-corrected chi connectivity index (χ3v) is 4.81. The molecule has 1 fully saturated rings. The Kier molecular flexibility index (Phi) is 5.63. The van der Waals surface area contributed by atoms with Gasteiger partial charge in [0.25, 0.3) is 5.91 Å². The molecule has 1 aliphatic heterocycles. The highest BCUT2D eigenvalue weighted by molar-refractivity contribution is 5.91. The van der Waals surface area contributed by atoms with Crippen molar-refractivity contribution in [1.82, 2.24) is 25.6 Å². The summed E-state index contributed by atoms with van der Waals surface area (Å²) >= 11 is 0. The van der Waals surface area contributed by atoms with Crippen LogP contribution in [0.5, 0.6) is 11.5 Å². The number of carbonyl (C=O) groups excluding carboxylic acids is 1. The highest BCUT2D eigenvalue weighted by Crippen LogP contribution is 2.25. The van der Waals surface area contributed by atoms with Crippen LogP contribution in [0.4, 0.5) is 0 Å². The quantitative estimate of drug-likeness (QED) is 0.690. The minimum absolute atomic E-state index is 0.241. The SMILES string of the molecule is O=C(NCc1ccccc1Oc1ccccc1)c1cn(C2CCNCC2)nn1. The highest BCUT2D eigenvalue weighted by atomic mass is 16.5. The van der Waals surface area contributed by atoms with Gasteiger partial charge in [-0.25, -0.2) is 4.68 Å². The van der Waals surface area contributed by atoms with Gasteiger partial charge in [0, 0.05) is 12.1 Å². The van der Waals surface area contributed by atoms with E-state index in [0.717, 1.165) is 37.2 Å². The standard InChI is InChI=1S/C21H23N5O2/c27-21(19-15-26(25-24-19)17-10-12-22-13-11-17)23-14-16-6-4-5-9-20(16)28-18-7-2-1-3-8-18/h1-9,15,17,22H,10-14H2,(H,23,27). The van der Waals surface area contributed by atoms with E-state index in [0.29, 0.717) is 24.0 Å². The number of rotatable bonds is 6. The fraction of sp³-hybridized carbons (Fsp3) is 0.286. The Morgan fingerprint density at radius 2 is 1.86 bits per heavy atom. The molecule has 2 heterocycles. The normalized spacial score (nSPS) is 14.6. The molecule has 2 N–H and O–H groups in total. The van der Waals surface area contributed by atoms with Crippen LogP contribution in [0.15, 0.2) is 60.8 Å². The monoisotopic (exact) mass is 377 g/mol. The van der Waals surface area contributed by atoms with Gasteiger partial charge in [0.15, 0.2) is 5.69 Å². The number of benzene rings is 2. The van der Waals surface area contributed by atoms with Crippen molar-refractivity contribution in [2.45, 2.75) is 25.4 Å². The summed E-state index contributed by atoms with van der Waals surface area (Å²) in [5.41, 5.74) is 1.23. The summed E-state index contributed by atoms with van der Waals surface area (Å²) in [4.78, 5) is 12.5. The van der Waals surface area contributed by atoms with E-state index in [1.54, 1.807) is 6.20 Å². The molecule has 1 aromatic heterocycles. The van der Waals surface area contributed by atoms with E-state index < -0.39 is 0 Å². The molecule has 144 valence electrons. The fourth-order valence-corrected chi connectivity index (χ4v) is 3.26. The number of piperidine rings is 1. The molecule has 0 atom stereocenters. The average Bonchev–Trinajstić information content (AvgIpc) is 3.25. The van der Waals surface area contributed by atoms with Crippen molar-refractivity contribution >= 4 is 5.91 Å². The Morgan fingerprint density at radius 3 is 2.68 bits per heavy atom. The predicted octanol–water partition coefficient (Wildman–Crippen LogP) is 2.92. The van der Waals surface area contributed by atoms with Gasteiger partial charge in [-0.15, -0.1) is 5.10 Å². The summed E-state index contributed by atoms with van der Waals surface area (Å²) in [5, 5.41) is 14.4. The second-order valence-corrected chi connectivity index (χ2v) is 6.77. The van der Waals surface area contributed by atoms with Crippen molar-refractivity contribution in [3.8, 4) is 11.5 Å². The van der Waals surface area contributed by atoms with Crippen LogP contribution in [0.1, 0.15) is 34.9 Å². The Balaban J connectivity index is 1.39. The molecule has 0 unspecified atom stereocenters. The van der Waals surface area contributed by atoms with E-state index in [4.69, 9.17) is 4.74 Å². The van der Waals surface area contributed by atoms with E-state index in [1.165, 1.54) is 0 Å². The van der Waals surface area contributed by atoms with Gasteiger partial charge in [-0.2, -0.15) is 0 Å². The van der Waals surface area contributed by atoms with E-state index in [-0.39, 0.29) is 5.91 Å². The highest BCUT2D eigenvalue weighted by Gasteiger charge is 2.19. The zero-order chi connectivity index (χ0) is 19.2. The number of nitrogens with zero attached hydrogens (tertiary/aromatic N) is 3. The van der Waals surface area contributed by atoms with Gasteiger partial charge in [-0.05, 0) is 44.1 Å². The summed E-state index contributed by atoms with van der Waals surface area (Å²) in [6, 6.07) is 17.5. The number of aromatic nitrogens is 3.